The number of H-pyrrole nitrogens is 2. The number of alkyl carbamates (subject to hydrolysis) is 2. The highest BCUT2D eigenvalue weighted by atomic mass is 16.5. The second-order valence-electron chi connectivity index (χ2n) is 16.9. The van der Waals surface area contributed by atoms with Crippen molar-refractivity contribution in [1.82, 2.24) is 40.4 Å². The lowest BCUT2D eigenvalue weighted by atomic mass is 10.00. The summed E-state index contributed by atoms with van der Waals surface area (Å²) in [6.45, 7) is 11.0. The molecule has 308 valence electrons. The van der Waals surface area contributed by atoms with E-state index >= 15 is 0 Å². The molecule has 4 heterocycles. The number of nitrogens with zero attached hydrogens (tertiary/aromatic N) is 4. The maximum atomic E-state index is 13.9. The molecule has 1 saturated carbocycles. The largest absolute Gasteiger partial charge is 0.453 e. The number of ether oxygens (including phenoxy) is 2. The monoisotopic (exact) mass is 792 g/mol. The highest BCUT2D eigenvalue weighted by molar-refractivity contribution is 5.87. The van der Waals surface area contributed by atoms with E-state index in [1.165, 1.54) is 27.1 Å². The number of amides is 4. The maximum absolute atomic E-state index is 13.9. The zero-order valence-corrected chi connectivity index (χ0v) is 34.5. The second kappa shape index (κ2) is 17.1. The second-order valence-corrected chi connectivity index (χ2v) is 16.9. The van der Waals surface area contributed by atoms with Gasteiger partial charge in [-0.2, -0.15) is 0 Å². The normalized spacial score (nSPS) is 21.6. The average molecular weight is 793 g/mol. The van der Waals surface area contributed by atoms with Crippen LogP contribution < -0.4 is 10.6 Å². The van der Waals surface area contributed by atoms with Gasteiger partial charge in [0.2, 0.25) is 11.8 Å². The summed E-state index contributed by atoms with van der Waals surface area (Å²) in [5, 5.41) is 5.47. The van der Waals surface area contributed by atoms with Gasteiger partial charge in [-0.25, -0.2) is 19.6 Å². The molecule has 2 saturated heterocycles. The standard InChI is InChI=1S/C44H56N8O6/c1-24(2)37(49-43(55)57-6)41(53)51-22-26(5)18-35(51)39-45-20-33(47-39)30-14-10-27(11-15-30)28-12-16-31(17-13-28)34-21-46-40(48-34)36-19-32(29-8-9-29)23-52(36)42(54)38(25(3)4)50-44(56)58-7/h10-17,20-21,24-26,29,32,35-38H,8-9,18-19,22-23H2,1-7H3,(H,45,47)(H,46,48)(H,49,55)(H,50,56)/t26-,32-,35-,36-,37-,38-/m0/s1. The van der Waals surface area contributed by atoms with Gasteiger partial charge in [0.15, 0.2) is 0 Å². The van der Waals surface area contributed by atoms with E-state index in [1.54, 1.807) is 0 Å². The summed E-state index contributed by atoms with van der Waals surface area (Å²) < 4.78 is 9.60. The number of hydrogen-bond acceptors (Lipinski definition) is 8. The molecule has 2 aliphatic heterocycles. The molecule has 4 aromatic rings. The van der Waals surface area contributed by atoms with Crippen molar-refractivity contribution < 1.29 is 28.7 Å². The molecule has 1 aliphatic carbocycles. The van der Waals surface area contributed by atoms with Crippen LogP contribution in [-0.4, -0.2) is 93.1 Å². The first kappa shape index (κ1) is 40.5. The van der Waals surface area contributed by atoms with E-state index in [0.717, 1.165) is 58.1 Å². The van der Waals surface area contributed by atoms with Crippen LogP contribution in [0.2, 0.25) is 0 Å². The molecule has 6 atom stereocenters. The number of carbonyl (C=O) groups is 4. The van der Waals surface area contributed by atoms with Crippen LogP contribution in [0.4, 0.5) is 9.59 Å². The quantitative estimate of drug-likeness (QED) is 0.118. The number of carbonyl (C=O) groups excluding carboxylic acids is 4. The molecule has 3 fully saturated rings. The number of aromatic nitrogens is 4. The molecule has 0 bridgehead atoms. The van der Waals surface area contributed by atoms with E-state index in [9.17, 15) is 19.2 Å². The lowest BCUT2D eigenvalue weighted by Crippen LogP contribution is -2.51. The molecule has 4 N–H and O–H groups in total. The Labute approximate surface area is 339 Å². The SMILES string of the molecule is COC(=O)N[C@H](C(=O)N1C[C@@H](C)C[C@H]1c1ncc(-c2ccc(-c3ccc(-c4cnc([C@@H]5C[C@H](C6CC6)CN5C(=O)[C@@H](NC(=O)OC)C(C)C)[nH]4)cc3)cc2)[nH]1)C(C)C. The van der Waals surface area contributed by atoms with Crippen molar-refractivity contribution in [2.75, 3.05) is 27.3 Å². The molecule has 14 heteroatoms. The van der Waals surface area contributed by atoms with Crippen LogP contribution in [0.5, 0.6) is 0 Å². The number of nitrogens with one attached hydrogen (secondary N) is 4. The number of aromatic amines is 2. The van der Waals surface area contributed by atoms with E-state index in [-0.39, 0.29) is 41.7 Å². The first-order chi connectivity index (χ1) is 27.8. The van der Waals surface area contributed by atoms with E-state index in [0.29, 0.717) is 24.9 Å². The molecule has 14 nitrogen and oxygen atoms in total. The van der Waals surface area contributed by atoms with E-state index in [1.807, 2.05) is 49.9 Å². The minimum absolute atomic E-state index is 0.106. The predicted molar refractivity (Wildman–Crippen MR) is 219 cm³/mol. The van der Waals surface area contributed by atoms with Crippen molar-refractivity contribution >= 4 is 24.0 Å². The zero-order valence-electron chi connectivity index (χ0n) is 34.5. The Kier molecular flexibility index (Phi) is 11.9. The van der Waals surface area contributed by atoms with E-state index in [2.05, 4.69) is 76.1 Å². The van der Waals surface area contributed by atoms with Gasteiger partial charge in [0.1, 0.15) is 23.7 Å². The van der Waals surface area contributed by atoms with Crippen molar-refractivity contribution in [3.05, 3.63) is 72.6 Å². The number of hydrogen-bond donors (Lipinski definition) is 4. The summed E-state index contributed by atoms with van der Waals surface area (Å²) in [6, 6.07) is 14.8. The number of rotatable bonds is 12. The van der Waals surface area contributed by atoms with Crippen LogP contribution >= 0.6 is 0 Å². The van der Waals surface area contributed by atoms with Gasteiger partial charge in [-0.3, -0.25) is 9.59 Å². The molecule has 7 rings (SSSR count). The Bertz CT molecular complexity index is 2090. The van der Waals surface area contributed by atoms with Crippen molar-refractivity contribution in [1.29, 1.82) is 0 Å². The molecule has 0 unspecified atom stereocenters. The van der Waals surface area contributed by atoms with Gasteiger partial charge >= 0.3 is 12.2 Å². The van der Waals surface area contributed by atoms with Gasteiger partial charge in [0, 0.05) is 13.1 Å². The summed E-state index contributed by atoms with van der Waals surface area (Å²) in [5.41, 5.74) is 5.82. The van der Waals surface area contributed by atoms with Crippen LogP contribution in [0.15, 0.2) is 60.9 Å². The van der Waals surface area contributed by atoms with Gasteiger partial charge in [-0.1, -0.05) is 83.1 Å². The molecular weight excluding hydrogens is 737 g/mol. The van der Waals surface area contributed by atoms with Crippen LogP contribution in [0.3, 0.4) is 0 Å². The Morgan fingerprint density at radius 2 is 1.05 bits per heavy atom. The fraction of sp³-hybridized carbons (Fsp3) is 0.500. The Morgan fingerprint density at radius 3 is 1.47 bits per heavy atom. The van der Waals surface area contributed by atoms with E-state index in [4.69, 9.17) is 19.4 Å². The third kappa shape index (κ3) is 8.60. The molecule has 0 radical (unpaired) electrons. The van der Waals surface area contributed by atoms with Crippen LogP contribution in [0.25, 0.3) is 33.6 Å². The molecule has 0 spiro atoms. The average Bonchev–Trinajstić information content (AvgIpc) is 3.59. The lowest BCUT2D eigenvalue weighted by molar-refractivity contribution is -0.136. The van der Waals surface area contributed by atoms with Crippen molar-refractivity contribution in [2.24, 2.45) is 29.6 Å². The topological polar surface area (TPSA) is 175 Å². The summed E-state index contributed by atoms with van der Waals surface area (Å²) >= 11 is 0. The molecule has 2 aromatic carbocycles. The predicted octanol–water partition coefficient (Wildman–Crippen LogP) is 7.10. The third-order valence-corrected chi connectivity index (χ3v) is 12.0. The fourth-order valence-electron chi connectivity index (χ4n) is 8.58. The summed E-state index contributed by atoms with van der Waals surface area (Å²) in [5.74, 6) is 2.33. The highest BCUT2D eigenvalue weighted by Gasteiger charge is 2.46. The number of methoxy groups -OCH3 is 2. The molecule has 3 aliphatic rings. The van der Waals surface area contributed by atoms with Crippen molar-refractivity contribution in [3.8, 4) is 33.6 Å². The van der Waals surface area contributed by atoms with Gasteiger partial charge in [0.05, 0.1) is 50.1 Å². The molecular formula is C44H56N8O6. The molecule has 58 heavy (non-hydrogen) atoms. The number of imidazole rings is 2. The third-order valence-electron chi connectivity index (χ3n) is 12.0. The Balaban J connectivity index is 1.03. The molecule has 4 amide bonds. The Hall–Kier alpha value is -5.66. The van der Waals surface area contributed by atoms with Crippen LogP contribution in [0, 0.1) is 29.6 Å². The number of benzene rings is 2. The van der Waals surface area contributed by atoms with Gasteiger partial charge in [-0.05, 0) is 77.5 Å². The van der Waals surface area contributed by atoms with Crippen LogP contribution in [0.1, 0.15) is 84.0 Å². The van der Waals surface area contributed by atoms with Crippen molar-refractivity contribution in [2.45, 2.75) is 84.5 Å². The molecule has 2 aromatic heterocycles. The highest BCUT2D eigenvalue weighted by Crippen LogP contribution is 2.47. The van der Waals surface area contributed by atoms with Gasteiger partial charge in [0.25, 0.3) is 0 Å². The summed E-state index contributed by atoms with van der Waals surface area (Å²) in [6.07, 6.45) is 6.40. The van der Waals surface area contributed by atoms with Crippen LogP contribution in [-0.2, 0) is 19.1 Å². The number of likely N-dealkylation sites (tertiary alicyclic amines) is 2. The van der Waals surface area contributed by atoms with Gasteiger partial charge < -0.3 is 39.9 Å². The Morgan fingerprint density at radius 1 is 0.638 bits per heavy atom. The minimum Gasteiger partial charge on any atom is -0.453 e. The zero-order chi connectivity index (χ0) is 41.2. The summed E-state index contributed by atoms with van der Waals surface area (Å²) in [7, 11) is 2.60. The lowest BCUT2D eigenvalue weighted by Gasteiger charge is -2.30. The summed E-state index contributed by atoms with van der Waals surface area (Å²) in [4.78, 5) is 72.0. The van der Waals surface area contributed by atoms with Crippen molar-refractivity contribution in [3.63, 3.8) is 0 Å². The first-order valence-corrected chi connectivity index (χ1v) is 20.5. The first-order valence-electron chi connectivity index (χ1n) is 20.5. The minimum atomic E-state index is -0.699. The van der Waals surface area contributed by atoms with Gasteiger partial charge in [-0.15, -0.1) is 0 Å². The van der Waals surface area contributed by atoms with E-state index < -0.39 is 24.3 Å². The maximum Gasteiger partial charge on any atom is 0.407 e. The smallest absolute Gasteiger partial charge is 0.407 e. The fourth-order valence-corrected chi connectivity index (χ4v) is 8.58.